The largest absolute Gasteiger partial charge is 0.308 e. The molecule has 100 valence electrons. The summed E-state index contributed by atoms with van der Waals surface area (Å²) in [5, 5.41) is 3.57. The maximum absolute atomic E-state index is 12.8. The van der Waals surface area contributed by atoms with Gasteiger partial charge in [0.05, 0.1) is 11.9 Å². The highest BCUT2D eigenvalue weighted by Gasteiger charge is 2.31. The van der Waals surface area contributed by atoms with Gasteiger partial charge in [-0.2, -0.15) is 0 Å². The number of rotatable bonds is 5. The van der Waals surface area contributed by atoms with Crippen molar-refractivity contribution in [2.75, 3.05) is 6.54 Å². The molecule has 0 amide bonds. The first-order valence-electron chi connectivity index (χ1n) is 7.00. The summed E-state index contributed by atoms with van der Waals surface area (Å²) in [6.07, 6.45) is 7.92. The monoisotopic (exact) mass is 250 g/mol. The van der Waals surface area contributed by atoms with Gasteiger partial charge in [-0.15, -0.1) is 0 Å². The fraction of sp³-hybridized carbons (Fsp3) is 0.667. The number of nitrogens with one attached hydrogen (secondary N) is 1. The van der Waals surface area contributed by atoms with Crippen molar-refractivity contribution < 1.29 is 4.39 Å². The van der Waals surface area contributed by atoms with Crippen LogP contribution in [0.1, 0.15) is 57.7 Å². The van der Waals surface area contributed by atoms with Gasteiger partial charge in [0, 0.05) is 12.6 Å². The van der Waals surface area contributed by atoms with Crippen LogP contribution >= 0.6 is 0 Å². The molecule has 0 bridgehead atoms. The summed E-state index contributed by atoms with van der Waals surface area (Å²) in [6.45, 7) is 5.43. The molecule has 1 aromatic rings. The molecule has 1 unspecified atom stereocenters. The minimum absolute atomic E-state index is 0.189. The summed E-state index contributed by atoms with van der Waals surface area (Å²) >= 11 is 0. The van der Waals surface area contributed by atoms with E-state index in [0.717, 1.165) is 12.2 Å². The zero-order valence-electron chi connectivity index (χ0n) is 11.4. The van der Waals surface area contributed by atoms with Gasteiger partial charge in [-0.1, -0.05) is 19.8 Å². The van der Waals surface area contributed by atoms with E-state index in [1.165, 1.54) is 44.4 Å². The second-order valence-corrected chi connectivity index (χ2v) is 5.56. The van der Waals surface area contributed by atoms with Gasteiger partial charge in [0.1, 0.15) is 5.82 Å². The van der Waals surface area contributed by atoms with Crippen molar-refractivity contribution in [2.45, 2.75) is 52.0 Å². The molecular weight excluding hydrogens is 227 g/mol. The second-order valence-electron chi connectivity index (χ2n) is 5.56. The normalized spacial score (nSPS) is 19.9. The van der Waals surface area contributed by atoms with Gasteiger partial charge in [-0.05, 0) is 43.7 Å². The Morgan fingerprint density at radius 2 is 2.11 bits per heavy atom. The Labute approximate surface area is 109 Å². The first kappa shape index (κ1) is 13.5. The molecule has 2 rings (SSSR count). The van der Waals surface area contributed by atoms with Crippen molar-refractivity contribution >= 4 is 0 Å². The maximum Gasteiger partial charge on any atom is 0.141 e. The molecule has 0 radical (unpaired) electrons. The van der Waals surface area contributed by atoms with Crippen LogP contribution in [0, 0.1) is 11.2 Å². The zero-order chi connectivity index (χ0) is 13.0. The number of pyridine rings is 1. The molecule has 18 heavy (non-hydrogen) atoms. The first-order valence-corrected chi connectivity index (χ1v) is 7.00. The van der Waals surface area contributed by atoms with Crippen LogP contribution in [0.5, 0.6) is 0 Å². The minimum Gasteiger partial charge on any atom is -0.308 e. The Bertz CT molecular complexity index is 369. The predicted octanol–water partition coefficient (Wildman–Crippen LogP) is 3.84. The van der Waals surface area contributed by atoms with E-state index < -0.39 is 0 Å². The van der Waals surface area contributed by atoms with Crippen molar-refractivity contribution in [1.29, 1.82) is 0 Å². The molecule has 1 heterocycles. The Balaban J connectivity index is 1.91. The Morgan fingerprint density at radius 1 is 1.39 bits per heavy atom. The van der Waals surface area contributed by atoms with Gasteiger partial charge in [0.25, 0.3) is 0 Å². The molecular formula is C15H23FN2. The summed E-state index contributed by atoms with van der Waals surface area (Å²) < 4.78 is 12.8. The topological polar surface area (TPSA) is 24.9 Å². The lowest BCUT2D eigenvalue weighted by Gasteiger charge is -2.29. The number of hydrogen-bond donors (Lipinski definition) is 1. The van der Waals surface area contributed by atoms with E-state index in [-0.39, 0.29) is 11.9 Å². The van der Waals surface area contributed by atoms with Crippen LogP contribution in [0.4, 0.5) is 4.39 Å². The summed E-state index contributed by atoms with van der Waals surface area (Å²) in [5.74, 6) is -0.272. The van der Waals surface area contributed by atoms with Crippen LogP contribution in [0.15, 0.2) is 18.3 Å². The minimum atomic E-state index is -0.272. The summed E-state index contributed by atoms with van der Waals surface area (Å²) in [4.78, 5) is 4.13. The molecule has 1 saturated carbocycles. The van der Waals surface area contributed by atoms with Crippen molar-refractivity contribution in [2.24, 2.45) is 5.41 Å². The quantitative estimate of drug-likeness (QED) is 0.858. The molecule has 0 aliphatic heterocycles. The van der Waals surface area contributed by atoms with E-state index >= 15 is 0 Å². The van der Waals surface area contributed by atoms with Gasteiger partial charge in [-0.25, -0.2) is 4.39 Å². The van der Waals surface area contributed by atoms with Crippen molar-refractivity contribution in [3.63, 3.8) is 0 Å². The van der Waals surface area contributed by atoms with Gasteiger partial charge in [0.15, 0.2) is 0 Å². The van der Waals surface area contributed by atoms with Gasteiger partial charge in [0.2, 0.25) is 0 Å². The molecule has 1 N–H and O–H groups in total. The van der Waals surface area contributed by atoms with Gasteiger partial charge >= 0.3 is 0 Å². The predicted molar refractivity (Wildman–Crippen MR) is 71.8 cm³/mol. The van der Waals surface area contributed by atoms with Crippen molar-refractivity contribution in [1.82, 2.24) is 10.3 Å². The van der Waals surface area contributed by atoms with Gasteiger partial charge in [-0.3, -0.25) is 4.98 Å². The summed E-state index contributed by atoms with van der Waals surface area (Å²) in [5.41, 5.74) is 1.40. The summed E-state index contributed by atoms with van der Waals surface area (Å²) in [7, 11) is 0. The Morgan fingerprint density at radius 3 is 2.67 bits per heavy atom. The van der Waals surface area contributed by atoms with Crippen molar-refractivity contribution in [3.8, 4) is 0 Å². The zero-order valence-corrected chi connectivity index (χ0v) is 11.4. The molecule has 1 aliphatic rings. The SMILES string of the molecule is CCC1(CNC(C)c2ccc(F)cn2)CCCC1. The average molecular weight is 250 g/mol. The smallest absolute Gasteiger partial charge is 0.141 e. The Kier molecular flexibility index (Phi) is 4.33. The number of hydrogen-bond acceptors (Lipinski definition) is 2. The Hall–Kier alpha value is -0.960. The third kappa shape index (κ3) is 3.08. The average Bonchev–Trinajstić information content (AvgIpc) is 2.86. The van der Waals surface area contributed by atoms with Crippen LogP contribution in [0.2, 0.25) is 0 Å². The van der Waals surface area contributed by atoms with E-state index in [1.54, 1.807) is 6.07 Å². The maximum atomic E-state index is 12.8. The third-order valence-corrected chi connectivity index (χ3v) is 4.39. The molecule has 0 spiro atoms. The van der Waals surface area contributed by atoms with E-state index in [0.29, 0.717) is 5.41 Å². The highest BCUT2D eigenvalue weighted by Crippen LogP contribution is 2.40. The molecule has 1 aliphatic carbocycles. The lowest BCUT2D eigenvalue weighted by atomic mass is 9.83. The first-order chi connectivity index (χ1) is 8.65. The summed E-state index contributed by atoms with van der Waals surface area (Å²) in [6, 6.07) is 3.43. The fourth-order valence-electron chi connectivity index (χ4n) is 2.90. The highest BCUT2D eigenvalue weighted by molar-refractivity contribution is 5.09. The third-order valence-electron chi connectivity index (χ3n) is 4.39. The lowest BCUT2D eigenvalue weighted by molar-refractivity contribution is 0.258. The van der Waals surface area contributed by atoms with E-state index in [4.69, 9.17) is 0 Å². The number of halogens is 1. The van der Waals surface area contributed by atoms with Crippen LogP contribution in [-0.4, -0.2) is 11.5 Å². The van der Waals surface area contributed by atoms with Crippen LogP contribution < -0.4 is 5.32 Å². The molecule has 2 nitrogen and oxygen atoms in total. The standard InChI is InChI=1S/C15H23FN2/c1-3-15(8-4-5-9-15)11-18-12(2)14-7-6-13(16)10-17-14/h6-7,10,12,18H,3-5,8-9,11H2,1-2H3. The van der Waals surface area contributed by atoms with Crippen LogP contribution in [0.25, 0.3) is 0 Å². The van der Waals surface area contributed by atoms with Crippen LogP contribution in [0.3, 0.4) is 0 Å². The highest BCUT2D eigenvalue weighted by atomic mass is 19.1. The number of nitrogens with zero attached hydrogens (tertiary/aromatic N) is 1. The van der Waals surface area contributed by atoms with Gasteiger partial charge < -0.3 is 5.32 Å². The molecule has 0 saturated heterocycles. The van der Waals surface area contributed by atoms with Crippen molar-refractivity contribution in [3.05, 3.63) is 29.8 Å². The molecule has 1 aromatic heterocycles. The molecule has 3 heteroatoms. The molecule has 1 fully saturated rings. The molecule has 0 aromatic carbocycles. The van der Waals surface area contributed by atoms with Crippen LogP contribution in [-0.2, 0) is 0 Å². The van der Waals surface area contributed by atoms with E-state index in [1.807, 2.05) is 0 Å². The lowest BCUT2D eigenvalue weighted by Crippen LogP contribution is -2.33. The number of aromatic nitrogens is 1. The fourth-order valence-corrected chi connectivity index (χ4v) is 2.90. The second kappa shape index (κ2) is 5.79. The molecule has 1 atom stereocenters. The van der Waals surface area contributed by atoms with E-state index in [9.17, 15) is 4.39 Å². The van der Waals surface area contributed by atoms with E-state index in [2.05, 4.69) is 24.1 Å².